The minimum absolute atomic E-state index is 0. The molecule has 6 nitrogen and oxygen atoms in total. The molecular weight excluding hydrogens is 663 g/mol. The Bertz CT molecular complexity index is 1630. The average molecular weight is 692 g/mol. The topological polar surface area (TPSA) is 63.8 Å². The molecule has 1 aliphatic heterocycles. The fraction of sp³-hybridized carbons (Fsp3) is 0.188. The second-order valence-corrected chi connectivity index (χ2v) is 11.0. The summed E-state index contributed by atoms with van der Waals surface area (Å²) in [5, 5.41) is 0. The summed E-state index contributed by atoms with van der Waals surface area (Å²) < 4.78 is 4.30. The van der Waals surface area contributed by atoms with Crippen molar-refractivity contribution >= 4 is 0 Å². The number of benzene rings is 2. The standard InChI is InChI=1S/C32H28N6.Pt/c1-31(2)25-17-15-23(33-25)24-16-18-26(34-24)32(3,4)28-20-38(22-13-9-6-10-14-22)30(36-28)29-35-27(31)19-37(29)21-11-7-5-8-12-21;/h5-20H,1-4H3;/q-2;+2. The van der Waals surface area contributed by atoms with Gasteiger partial charge in [-0.05, 0) is 24.3 Å². The second-order valence-electron chi connectivity index (χ2n) is 11.0. The number of fused-ring (bicyclic) bond motifs is 10. The van der Waals surface area contributed by atoms with E-state index in [2.05, 4.69) is 97.8 Å². The first-order valence-corrected chi connectivity index (χ1v) is 12.9. The molecule has 196 valence electrons. The van der Waals surface area contributed by atoms with Crippen molar-refractivity contribution in [1.82, 2.24) is 29.1 Å². The van der Waals surface area contributed by atoms with Crippen molar-refractivity contribution in [2.75, 3.05) is 0 Å². The van der Waals surface area contributed by atoms with Crippen LogP contribution in [0.2, 0.25) is 0 Å². The minimum Gasteiger partial charge on any atom is -0.662 e. The van der Waals surface area contributed by atoms with E-state index < -0.39 is 10.8 Å². The summed E-state index contributed by atoms with van der Waals surface area (Å²) in [4.78, 5) is 20.6. The van der Waals surface area contributed by atoms with Gasteiger partial charge in [0.25, 0.3) is 0 Å². The Morgan fingerprint density at radius 3 is 1.31 bits per heavy atom. The van der Waals surface area contributed by atoms with Crippen LogP contribution in [-0.4, -0.2) is 19.1 Å². The van der Waals surface area contributed by atoms with Crippen LogP contribution in [0.3, 0.4) is 0 Å². The van der Waals surface area contributed by atoms with Crippen LogP contribution in [0.5, 0.6) is 0 Å². The van der Waals surface area contributed by atoms with Crippen LogP contribution < -0.4 is 9.97 Å². The van der Waals surface area contributed by atoms with E-state index in [0.717, 1.165) is 57.2 Å². The molecular formula is C32H28N6Pt. The largest absolute Gasteiger partial charge is 2.00 e. The molecule has 0 fully saturated rings. The van der Waals surface area contributed by atoms with E-state index in [1.807, 2.05) is 36.4 Å². The van der Waals surface area contributed by atoms with Gasteiger partial charge in [0, 0.05) is 34.6 Å². The Morgan fingerprint density at radius 1 is 0.538 bits per heavy atom. The summed E-state index contributed by atoms with van der Waals surface area (Å²) in [6.07, 6.45) is 4.26. The number of hydrogen-bond acceptors (Lipinski definition) is 2. The maximum atomic E-state index is 5.28. The molecule has 0 saturated heterocycles. The maximum Gasteiger partial charge on any atom is 2.00 e. The first-order valence-electron chi connectivity index (χ1n) is 12.9. The van der Waals surface area contributed by atoms with Crippen LogP contribution in [0.15, 0.2) is 97.3 Å². The van der Waals surface area contributed by atoms with Crippen molar-refractivity contribution in [3.8, 4) is 34.4 Å². The fourth-order valence-corrected chi connectivity index (χ4v) is 5.22. The molecule has 0 amide bonds. The average Bonchev–Trinajstić information content (AvgIpc) is 3.73. The monoisotopic (exact) mass is 691 g/mol. The predicted octanol–water partition coefficient (Wildman–Crippen LogP) is 6.27. The molecule has 0 saturated carbocycles. The van der Waals surface area contributed by atoms with Crippen LogP contribution in [-0.2, 0) is 31.9 Å². The molecule has 39 heavy (non-hydrogen) atoms. The van der Waals surface area contributed by atoms with Crippen molar-refractivity contribution in [2.24, 2.45) is 0 Å². The van der Waals surface area contributed by atoms with Gasteiger partial charge in [0.2, 0.25) is 0 Å². The Hall–Kier alpha value is -3.89. The maximum absolute atomic E-state index is 5.28. The summed E-state index contributed by atoms with van der Waals surface area (Å²) in [7, 11) is 0. The van der Waals surface area contributed by atoms with E-state index in [0.29, 0.717) is 0 Å². The number of imidazole rings is 2. The van der Waals surface area contributed by atoms with E-state index in [1.54, 1.807) is 0 Å². The molecule has 6 aromatic rings. The number of hydrogen-bond donors (Lipinski definition) is 0. The second kappa shape index (κ2) is 9.10. The van der Waals surface area contributed by atoms with Crippen LogP contribution in [0.1, 0.15) is 50.5 Å². The molecule has 0 unspecified atom stereocenters. The van der Waals surface area contributed by atoms with Crippen LogP contribution >= 0.6 is 0 Å². The van der Waals surface area contributed by atoms with Crippen molar-refractivity contribution in [3.63, 3.8) is 0 Å². The molecule has 8 bridgehead atoms. The van der Waals surface area contributed by atoms with E-state index in [-0.39, 0.29) is 21.1 Å². The quantitative estimate of drug-likeness (QED) is 0.215. The molecule has 4 aromatic heterocycles. The zero-order valence-electron chi connectivity index (χ0n) is 22.2. The summed E-state index contributed by atoms with van der Waals surface area (Å²) >= 11 is 0. The summed E-state index contributed by atoms with van der Waals surface area (Å²) in [5.41, 5.74) is 6.74. The number of rotatable bonds is 2. The minimum atomic E-state index is -0.432. The molecule has 5 heterocycles. The van der Waals surface area contributed by atoms with Crippen molar-refractivity contribution < 1.29 is 21.1 Å². The third-order valence-corrected chi connectivity index (χ3v) is 7.78. The molecule has 2 aromatic carbocycles. The van der Waals surface area contributed by atoms with E-state index in [4.69, 9.17) is 19.9 Å². The Labute approximate surface area is 242 Å². The summed E-state index contributed by atoms with van der Waals surface area (Å²) in [6.45, 7) is 8.70. The molecule has 7 heteroatoms. The van der Waals surface area contributed by atoms with Gasteiger partial charge in [-0.2, -0.15) is 11.4 Å². The van der Waals surface area contributed by atoms with Crippen molar-refractivity contribution in [3.05, 3.63) is 120 Å². The Balaban J connectivity index is 0.00000277. The fourth-order valence-electron chi connectivity index (χ4n) is 5.22. The van der Waals surface area contributed by atoms with Crippen LogP contribution in [0.4, 0.5) is 0 Å². The van der Waals surface area contributed by atoms with Gasteiger partial charge in [-0.1, -0.05) is 88.4 Å². The van der Waals surface area contributed by atoms with Gasteiger partial charge in [-0.15, -0.1) is 11.4 Å². The Kier molecular flexibility index (Phi) is 5.92. The number of para-hydroxylation sites is 2. The zero-order chi connectivity index (χ0) is 26.1. The van der Waals surface area contributed by atoms with Gasteiger partial charge in [0.15, 0.2) is 11.6 Å². The zero-order valence-corrected chi connectivity index (χ0v) is 24.5. The van der Waals surface area contributed by atoms with Crippen LogP contribution in [0, 0.1) is 0 Å². The van der Waals surface area contributed by atoms with Gasteiger partial charge in [-0.25, -0.2) is 9.97 Å². The van der Waals surface area contributed by atoms with Gasteiger partial charge in [0.05, 0.1) is 11.4 Å². The SMILES string of the molecule is CC1(C)c2cn(-c3ccccc3)c(n2)-c2nc(cn2-c2ccccc2)C(C)(C)c2ccc([n-]2)-c2ccc1[n-]2.[Pt+2]. The van der Waals surface area contributed by atoms with Crippen molar-refractivity contribution in [2.45, 2.75) is 38.5 Å². The number of nitrogens with zero attached hydrogens (tertiary/aromatic N) is 6. The molecule has 0 atom stereocenters. The molecule has 0 radical (unpaired) electrons. The molecule has 0 aliphatic carbocycles. The van der Waals surface area contributed by atoms with Gasteiger partial charge in [-0.3, -0.25) is 9.13 Å². The predicted molar refractivity (Wildman–Crippen MR) is 149 cm³/mol. The third kappa shape index (κ3) is 3.97. The normalized spacial score (nSPS) is 14.9. The van der Waals surface area contributed by atoms with E-state index in [1.165, 1.54) is 0 Å². The first-order chi connectivity index (χ1) is 18.3. The van der Waals surface area contributed by atoms with Crippen LogP contribution in [0.25, 0.3) is 34.4 Å². The molecule has 0 spiro atoms. The van der Waals surface area contributed by atoms with Crippen molar-refractivity contribution in [1.29, 1.82) is 0 Å². The van der Waals surface area contributed by atoms with Gasteiger partial charge < -0.3 is 9.97 Å². The van der Waals surface area contributed by atoms with Gasteiger partial charge in [0.1, 0.15) is 0 Å². The summed E-state index contributed by atoms with van der Waals surface area (Å²) in [6, 6.07) is 29.0. The summed E-state index contributed by atoms with van der Waals surface area (Å²) in [5.74, 6) is 1.57. The third-order valence-electron chi connectivity index (χ3n) is 7.78. The number of aromatic nitrogens is 6. The van der Waals surface area contributed by atoms with E-state index in [9.17, 15) is 0 Å². The molecule has 7 rings (SSSR count). The van der Waals surface area contributed by atoms with Gasteiger partial charge >= 0.3 is 21.1 Å². The molecule has 0 N–H and O–H groups in total. The first kappa shape index (κ1) is 25.4. The molecule has 1 aliphatic rings. The smallest absolute Gasteiger partial charge is 0.662 e. The Morgan fingerprint density at radius 2 is 0.923 bits per heavy atom. The van der Waals surface area contributed by atoms with E-state index >= 15 is 0 Å².